The number of allylic oxidation sites excluding steroid dienone is 3. The summed E-state index contributed by atoms with van der Waals surface area (Å²) in [4.78, 5) is 39.6. The zero-order valence-electron chi connectivity index (χ0n) is 20.5. The third-order valence-corrected chi connectivity index (χ3v) is 7.93. The van der Waals surface area contributed by atoms with Crippen LogP contribution in [-0.2, 0) is 16.1 Å². The Morgan fingerprint density at radius 2 is 1.89 bits per heavy atom. The van der Waals surface area contributed by atoms with Gasteiger partial charge >= 0.3 is 0 Å². The maximum atomic E-state index is 13.4. The molecular formula is C27H34ClN5O2. The summed E-state index contributed by atoms with van der Waals surface area (Å²) in [6.45, 7) is 5.18. The number of amides is 2. The van der Waals surface area contributed by atoms with Crippen molar-refractivity contribution in [1.82, 2.24) is 14.7 Å². The summed E-state index contributed by atoms with van der Waals surface area (Å²) in [5.41, 5.74) is 2.68. The predicted octanol–water partition coefficient (Wildman–Crippen LogP) is 3.61. The standard InChI is InChI=1S/C27H34ClN5O2/c1-30-17-13-29-27(30)31-14-10-20(11-15-31)12-16-33-24-5-3-2-4-22(24)18-32(19-25(33)34)26(35)21-6-8-23(28)9-7-21/h2-6,8,20H,7,9-19H2,1H3. The minimum atomic E-state index is -0.0670. The van der Waals surface area contributed by atoms with E-state index < -0.39 is 0 Å². The van der Waals surface area contributed by atoms with Gasteiger partial charge in [-0.15, -0.1) is 0 Å². The number of likely N-dealkylation sites (N-methyl/N-ethyl adjacent to an activating group) is 1. The monoisotopic (exact) mass is 495 g/mol. The van der Waals surface area contributed by atoms with Crippen molar-refractivity contribution in [1.29, 1.82) is 0 Å². The molecule has 35 heavy (non-hydrogen) atoms. The third kappa shape index (κ3) is 5.25. The zero-order valence-corrected chi connectivity index (χ0v) is 21.2. The van der Waals surface area contributed by atoms with E-state index in [1.807, 2.05) is 29.2 Å². The van der Waals surface area contributed by atoms with Crippen LogP contribution in [0.15, 0.2) is 52.0 Å². The van der Waals surface area contributed by atoms with Crippen molar-refractivity contribution >= 4 is 35.1 Å². The fourth-order valence-electron chi connectivity index (χ4n) is 5.53. The highest BCUT2D eigenvalue weighted by Gasteiger charge is 2.31. The number of benzene rings is 1. The van der Waals surface area contributed by atoms with Crippen molar-refractivity contribution in [2.75, 3.05) is 51.2 Å². The fraction of sp³-hybridized carbons (Fsp3) is 0.519. The number of guanidine groups is 1. The molecule has 0 bridgehead atoms. The molecule has 0 N–H and O–H groups in total. The van der Waals surface area contributed by atoms with E-state index in [2.05, 4.69) is 21.8 Å². The molecule has 3 aliphatic heterocycles. The van der Waals surface area contributed by atoms with Crippen LogP contribution in [0.25, 0.3) is 0 Å². The van der Waals surface area contributed by atoms with Crippen molar-refractivity contribution in [2.24, 2.45) is 10.9 Å². The van der Waals surface area contributed by atoms with E-state index in [-0.39, 0.29) is 18.4 Å². The largest absolute Gasteiger partial charge is 0.344 e. The number of hydrogen-bond acceptors (Lipinski definition) is 5. The Morgan fingerprint density at radius 1 is 1.09 bits per heavy atom. The SMILES string of the molecule is CN1CCN=C1N1CCC(CCN2C(=O)CN(C(=O)C3=CC=C(Cl)CC3)Cc3ccccc32)CC1. The Hall–Kier alpha value is -2.80. The fourth-order valence-corrected chi connectivity index (χ4v) is 5.69. The Bertz CT molecular complexity index is 1070. The Labute approximate surface area is 212 Å². The molecule has 5 rings (SSSR count). The number of piperidine rings is 1. The first-order chi connectivity index (χ1) is 17.0. The Morgan fingerprint density at radius 3 is 2.60 bits per heavy atom. The summed E-state index contributed by atoms with van der Waals surface area (Å²) in [5.74, 6) is 1.65. The summed E-state index contributed by atoms with van der Waals surface area (Å²) in [6, 6.07) is 8.01. The zero-order chi connectivity index (χ0) is 24.4. The van der Waals surface area contributed by atoms with E-state index in [1.165, 1.54) is 0 Å². The molecule has 1 saturated heterocycles. The van der Waals surface area contributed by atoms with Crippen LogP contribution in [0.4, 0.5) is 5.69 Å². The van der Waals surface area contributed by atoms with Crippen LogP contribution in [0, 0.1) is 5.92 Å². The van der Waals surface area contributed by atoms with Crippen molar-refractivity contribution in [3.05, 3.63) is 52.6 Å². The topological polar surface area (TPSA) is 59.5 Å². The van der Waals surface area contributed by atoms with Gasteiger partial charge < -0.3 is 19.6 Å². The van der Waals surface area contributed by atoms with Crippen LogP contribution >= 0.6 is 11.6 Å². The van der Waals surface area contributed by atoms with Crippen LogP contribution in [0.5, 0.6) is 0 Å². The predicted molar refractivity (Wildman–Crippen MR) is 139 cm³/mol. The molecule has 1 aromatic carbocycles. The van der Waals surface area contributed by atoms with Crippen LogP contribution < -0.4 is 4.90 Å². The lowest BCUT2D eigenvalue weighted by Crippen LogP contribution is -2.45. The first-order valence-electron chi connectivity index (χ1n) is 12.7. The summed E-state index contributed by atoms with van der Waals surface area (Å²) in [5, 5.41) is 0.763. The number of aliphatic imine (C=N–C) groups is 1. The van der Waals surface area contributed by atoms with Gasteiger partial charge in [-0.05, 0) is 55.7 Å². The molecular weight excluding hydrogens is 462 g/mol. The molecule has 0 radical (unpaired) electrons. The normalized spacial score (nSPS) is 21.4. The molecule has 0 aromatic heterocycles. The van der Waals surface area contributed by atoms with Crippen molar-refractivity contribution in [2.45, 2.75) is 38.6 Å². The van der Waals surface area contributed by atoms with E-state index in [1.54, 1.807) is 17.1 Å². The molecule has 0 saturated carbocycles. The summed E-state index contributed by atoms with van der Waals surface area (Å²) >= 11 is 6.07. The van der Waals surface area contributed by atoms with Crippen molar-refractivity contribution in [3.63, 3.8) is 0 Å². The number of carbonyl (C=O) groups is 2. The van der Waals surface area contributed by atoms with Gasteiger partial charge in [0.15, 0.2) is 5.96 Å². The molecule has 0 unspecified atom stereocenters. The second-order valence-electron chi connectivity index (χ2n) is 9.96. The molecule has 3 heterocycles. The molecule has 2 amide bonds. The molecule has 1 aromatic rings. The molecule has 0 spiro atoms. The number of fused-ring (bicyclic) bond motifs is 1. The van der Waals surface area contributed by atoms with Gasteiger partial charge in [0.2, 0.25) is 5.91 Å². The lowest BCUT2D eigenvalue weighted by Gasteiger charge is -2.36. The van der Waals surface area contributed by atoms with E-state index in [0.717, 1.165) is 73.3 Å². The highest BCUT2D eigenvalue weighted by Crippen LogP contribution is 2.30. The highest BCUT2D eigenvalue weighted by molar-refractivity contribution is 6.29. The van der Waals surface area contributed by atoms with Crippen molar-refractivity contribution < 1.29 is 9.59 Å². The second kappa shape index (κ2) is 10.4. The summed E-state index contributed by atoms with van der Waals surface area (Å²) < 4.78 is 0. The lowest BCUT2D eigenvalue weighted by atomic mass is 9.93. The lowest BCUT2D eigenvalue weighted by molar-refractivity contribution is -0.132. The van der Waals surface area contributed by atoms with Crippen LogP contribution in [0.2, 0.25) is 0 Å². The molecule has 8 heteroatoms. The van der Waals surface area contributed by atoms with Gasteiger partial charge in [0.05, 0.1) is 6.54 Å². The maximum absolute atomic E-state index is 13.4. The number of para-hydroxylation sites is 1. The molecule has 1 fully saturated rings. The van der Waals surface area contributed by atoms with E-state index in [0.29, 0.717) is 31.8 Å². The molecule has 7 nitrogen and oxygen atoms in total. The Balaban J connectivity index is 1.24. The van der Waals surface area contributed by atoms with Gasteiger partial charge in [-0.2, -0.15) is 0 Å². The molecule has 1 aliphatic carbocycles. The highest BCUT2D eigenvalue weighted by atomic mass is 35.5. The first kappa shape index (κ1) is 23.9. The van der Waals surface area contributed by atoms with Gasteiger partial charge in [-0.1, -0.05) is 35.9 Å². The van der Waals surface area contributed by atoms with E-state index in [4.69, 9.17) is 11.6 Å². The second-order valence-corrected chi connectivity index (χ2v) is 10.4. The number of anilines is 1. The Kier molecular flexibility index (Phi) is 7.14. The first-order valence-corrected chi connectivity index (χ1v) is 13.1. The smallest absolute Gasteiger partial charge is 0.250 e. The van der Waals surface area contributed by atoms with E-state index in [9.17, 15) is 9.59 Å². The average molecular weight is 496 g/mol. The summed E-state index contributed by atoms with van der Waals surface area (Å²) in [7, 11) is 2.12. The van der Waals surface area contributed by atoms with Crippen LogP contribution in [-0.4, -0.2) is 78.8 Å². The number of hydrogen-bond donors (Lipinski definition) is 0. The maximum Gasteiger partial charge on any atom is 0.250 e. The third-order valence-electron chi connectivity index (χ3n) is 7.62. The minimum absolute atomic E-state index is 0.00680. The number of rotatable bonds is 4. The van der Waals surface area contributed by atoms with Gasteiger partial charge in [0.25, 0.3) is 5.91 Å². The number of carbonyl (C=O) groups excluding carboxylic acids is 2. The number of halogens is 1. The molecule has 186 valence electrons. The van der Waals surface area contributed by atoms with E-state index >= 15 is 0 Å². The molecule has 0 atom stereocenters. The van der Waals surface area contributed by atoms with Gasteiger partial charge in [-0.25, -0.2) is 0 Å². The average Bonchev–Trinajstić information content (AvgIpc) is 3.24. The molecule has 4 aliphatic rings. The summed E-state index contributed by atoms with van der Waals surface area (Å²) in [6.07, 6.45) is 8.09. The van der Waals surface area contributed by atoms with Gasteiger partial charge in [-0.3, -0.25) is 14.6 Å². The quantitative estimate of drug-likeness (QED) is 0.640. The van der Waals surface area contributed by atoms with Gasteiger partial charge in [0.1, 0.15) is 6.54 Å². The van der Waals surface area contributed by atoms with Crippen LogP contribution in [0.1, 0.15) is 37.7 Å². The van der Waals surface area contributed by atoms with Gasteiger partial charge in [0, 0.05) is 56.1 Å². The number of nitrogens with zero attached hydrogens (tertiary/aromatic N) is 5. The van der Waals surface area contributed by atoms with Crippen LogP contribution in [0.3, 0.4) is 0 Å². The van der Waals surface area contributed by atoms with Crippen molar-refractivity contribution in [3.8, 4) is 0 Å². The number of likely N-dealkylation sites (tertiary alicyclic amines) is 1. The minimum Gasteiger partial charge on any atom is -0.344 e.